The summed E-state index contributed by atoms with van der Waals surface area (Å²) in [5, 5.41) is 4.20. The topological polar surface area (TPSA) is 58.6 Å². The lowest BCUT2D eigenvalue weighted by Crippen LogP contribution is -2.52. The number of nitrogens with zero attached hydrogens (tertiary/aromatic N) is 1. The van der Waals surface area contributed by atoms with Crippen LogP contribution in [0.3, 0.4) is 0 Å². The van der Waals surface area contributed by atoms with Crippen molar-refractivity contribution in [3.8, 4) is 5.75 Å². The molecule has 0 spiro atoms. The number of rotatable bonds is 12. The van der Waals surface area contributed by atoms with Crippen molar-refractivity contribution in [3.63, 3.8) is 0 Å². The normalized spacial score (nSPS) is 14.4. The number of amides is 2. The van der Waals surface area contributed by atoms with Gasteiger partial charge in [0.1, 0.15) is 11.8 Å². The fourth-order valence-corrected chi connectivity index (χ4v) is 5.66. The van der Waals surface area contributed by atoms with Crippen LogP contribution in [0.25, 0.3) is 0 Å². The maximum Gasteiger partial charge on any atom is 0.243 e. The van der Waals surface area contributed by atoms with E-state index in [1.165, 1.54) is 6.42 Å². The number of nitrogens with one attached hydrogen (secondary N) is 1. The van der Waals surface area contributed by atoms with Crippen LogP contribution in [-0.2, 0) is 22.6 Å². The van der Waals surface area contributed by atoms with E-state index >= 15 is 0 Å². The Bertz CT molecular complexity index is 1220. The standard InChI is InChI=1S/C33H38Cl2N2O3/c1-24-17-19-27(20-18-24)40-21-9-16-32(38)37(23-28-29(34)14-8-15-30(28)35)31(22-25-10-4-2-5-11-25)33(39)36-26-12-6-3-7-13-26/h2,4-5,8,10-11,14-15,17-20,26,31H,3,6-7,9,12-13,16,21-23H2,1H3,(H,36,39)/t31-/m0/s1. The number of ether oxygens (including phenoxy) is 1. The van der Waals surface area contributed by atoms with Gasteiger partial charge < -0.3 is 15.0 Å². The monoisotopic (exact) mass is 580 g/mol. The molecule has 2 amide bonds. The maximum atomic E-state index is 13.9. The van der Waals surface area contributed by atoms with Gasteiger partial charge in [-0.1, -0.05) is 96.6 Å². The minimum absolute atomic E-state index is 0.128. The van der Waals surface area contributed by atoms with E-state index in [0.717, 1.165) is 42.6 Å². The lowest BCUT2D eigenvalue weighted by atomic mass is 9.94. The van der Waals surface area contributed by atoms with Crippen molar-refractivity contribution in [2.75, 3.05) is 6.61 Å². The minimum Gasteiger partial charge on any atom is -0.494 e. The number of hydrogen-bond donors (Lipinski definition) is 1. The first-order chi connectivity index (χ1) is 19.4. The first kappa shape index (κ1) is 30.0. The molecule has 7 heteroatoms. The Hall–Kier alpha value is -3.02. The average molecular weight is 582 g/mol. The molecule has 0 saturated heterocycles. The number of carbonyl (C=O) groups excluding carboxylic acids is 2. The van der Waals surface area contributed by atoms with Crippen molar-refractivity contribution in [1.82, 2.24) is 10.2 Å². The molecule has 3 aromatic carbocycles. The van der Waals surface area contributed by atoms with Crippen LogP contribution in [0.1, 0.15) is 61.6 Å². The highest BCUT2D eigenvalue weighted by Gasteiger charge is 2.32. The highest BCUT2D eigenvalue weighted by atomic mass is 35.5. The summed E-state index contributed by atoms with van der Waals surface area (Å²) in [5.74, 6) is 0.498. The number of carbonyl (C=O) groups is 2. The van der Waals surface area contributed by atoms with Crippen molar-refractivity contribution in [2.24, 2.45) is 0 Å². The van der Waals surface area contributed by atoms with Crippen molar-refractivity contribution < 1.29 is 14.3 Å². The van der Waals surface area contributed by atoms with Crippen molar-refractivity contribution >= 4 is 35.0 Å². The molecule has 1 fully saturated rings. The van der Waals surface area contributed by atoms with E-state index < -0.39 is 6.04 Å². The van der Waals surface area contributed by atoms with Gasteiger partial charge in [0.2, 0.25) is 11.8 Å². The van der Waals surface area contributed by atoms with Crippen LogP contribution in [0, 0.1) is 6.92 Å². The van der Waals surface area contributed by atoms with E-state index in [2.05, 4.69) is 5.32 Å². The Balaban J connectivity index is 1.55. The fraction of sp³-hybridized carbons (Fsp3) is 0.394. The number of halogens is 2. The SMILES string of the molecule is Cc1ccc(OCCCC(=O)N(Cc2c(Cl)cccc2Cl)[C@@H](Cc2ccccc2)C(=O)NC2CCCCC2)cc1. The van der Waals surface area contributed by atoms with Gasteiger partial charge in [-0.25, -0.2) is 0 Å². The Labute approximate surface area is 247 Å². The molecule has 0 radical (unpaired) electrons. The zero-order valence-electron chi connectivity index (χ0n) is 23.1. The zero-order valence-corrected chi connectivity index (χ0v) is 24.6. The first-order valence-electron chi connectivity index (χ1n) is 14.2. The van der Waals surface area contributed by atoms with Gasteiger partial charge in [0.25, 0.3) is 0 Å². The summed E-state index contributed by atoms with van der Waals surface area (Å²) >= 11 is 13.1. The number of aryl methyl sites for hydroxylation is 1. The van der Waals surface area contributed by atoms with Crippen LogP contribution in [0.2, 0.25) is 10.0 Å². The van der Waals surface area contributed by atoms with E-state index in [1.807, 2.05) is 61.5 Å². The Morgan fingerprint density at radius 2 is 1.60 bits per heavy atom. The van der Waals surface area contributed by atoms with E-state index in [4.69, 9.17) is 27.9 Å². The average Bonchev–Trinajstić information content (AvgIpc) is 2.96. The van der Waals surface area contributed by atoms with Gasteiger partial charge in [0.15, 0.2) is 0 Å². The maximum absolute atomic E-state index is 13.9. The molecular formula is C33H38Cl2N2O3. The molecule has 0 aliphatic heterocycles. The molecule has 1 aliphatic carbocycles. The van der Waals surface area contributed by atoms with Gasteiger partial charge in [-0.15, -0.1) is 0 Å². The lowest BCUT2D eigenvalue weighted by molar-refractivity contribution is -0.141. The van der Waals surface area contributed by atoms with Crippen molar-refractivity contribution in [3.05, 3.63) is 99.5 Å². The van der Waals surface area contributed by atoms with Crippen LogP contribution < -0.4 is 10.1 Å². The van der Waals surface area contributed by atoms with Gasteiger partial charge in [-0.3, -0.25) is 9.59 Å². The molecule has 212 valence electrons. The largest absolute Gasteiger partial charge is 0.494 e. The molecule has 0 unspecified atom stereocenters. The third kappa shape index (κ3) is 8.74. The van der Waals surface area contributed by atoms with Gasteiger partial charge in [-0.05, 0) is 56.0 Å². The summed E-state index contributed by atoms with van der Waals surface area (Å²) in [6.45, 7) is 2.57. The van der Waals surface area contributed by atoms with Crippen LogP contribution >= 0.6 is 23.2 Å². The summed E-state index contributed by atoms with van der Waals surface area (Å²) in [6.07, 6.45) is 6.47. The zero-order chi connectivity index (χ0) is 28.3. The second kappa shape index (κ2) is 15.1. The van der Waals surface area contributed by atoms with Crippen LogP contribution in [0.5, 0.6) is 5.75 Å². The summed E-state index contributed by atoms with van der Waals surface area (Å²) < 4.78 is 5.86. The lowest BCUT2D eigenvalue weighted by Gasteiger charge is -2.34. The second-order valence-corrected chi connectivity index (χ2v) is 11.4. The molecule has 0 aromatic heterocycles. The molecule has 40 heavy (non-hydrogen) atoms. The van der Waals surface area contributed by atoms with Gasteiger partial charge in [0.05, 0.1) is 6.61 Å². The molecule has 1 atom stereocenters. The van der Waals surface area contributed by atoms with Gasteiger partial charge in [-0.2, -0.15) is 0 Å². The molecule has 1 N–H and O–H groups in total. The molecule has 1 saturated carbocycles. The van der Waals surface area contributed by atoms with E-state index in [0.29, 0.717) is 35.1 Å². The third-order valence-electron chi connectivity index (χ3n) is 7.44. The van der Waals surface area contributed by atoms with Crippen LogP contribution in [0.15, 0.2) is 72.8 Å². The third-order valence-corrected chi connectivity index (χ3v) is 8.15. The van der Waals surface area contributed by atoms with E-state index in [-0.39, 0.29) is 30.8 Å². The Morgan fingerprint density at radius 3 is 2.27 bits per heavy atom. The molecule has 3 aromatic rings. The van der Waals surface area contributed by atoms with Crippen LogP contribution in [0.4, 0.5) is 0 Å². The minimum atomic E-state index is -0.706. The van der Waals surface area contributed by atoms with Crippen molar-refractivity contribution in [1.29, 1.82) is 0 Å². The van der Waals surface area contributed by atoms with Gasteiger partial charge >= 0.3 is 0 Å². The molecule has 0 bridgehead atoms. The molecule has 1 aliphatic rings. The Kier molecular flexibility index (Phi) is 11.3. The van der Waals surface area contributed by atoms with Crippen molar-refractivity contribution in [2.45, 2.75) is 76.9 Å². The second-order valence-electron chi connectivity index (χ2n) is 10.5. The summed E-state index contributed by atoms with van der Waals surface area (Å²) in [6, 6.07) is 22.4. The summed E-state index contributed by atoms with van der Waals surface area (Å²) in [5.41, 5.74) is 2.78. The fourth-order valence-electron chi connectivity index (χ4n) is 5.14. The predicted octanol–water partition coefficient (Wildman–Crippen LogP) is 7.55. The van der Waals surface area contributed by atoms with Gasteiger partial charge in [0, 0.05) is 41.0 Å². The summed E-state index contributed by atoms with van der Waals surface area (Å²) in [4.78, 5) is 29.4. The quantitative estimate of drug-likeness (QED) is 0.225. The van der Waals surface area contributed by atoms with Crippen LogP contribution in [-0.4, -0.2) is 35.4 Å². The molecule has 5 nitrogen and oxygen atoms in total. The highest BCUT2D eigenvalue weighted by molar-refractivity contribution is 6.36. The Morgan fingerprint density at radius 1 is 0.925 bits per heavy atom. The number of benzene rings is 3. The smallest absolute Gasteiger partial charge is 0.243 e. The molecule has 0 heterocycles. The number of hydrogen-bond acceptors (Lipinski definition) is 3. The van der Waals surface area contributed by atoms with E-state index in [9.17, 15) is 9.59 Å². The van der Waals surface area contributed by atoms with E-state index in [1.54, 1.807) is 23.1 Å². The summed E-state index contributed by atoms with van der Waals surface area (Å²) in [7, 11) is 0. The first-order valence-corrected chi connectivity index (χ1v) is 14.9. The predicted molar refractivity (Wildman–Crippen MR) is 162 cm³/mol. The molecule has 4 rings (SSSR count). The highest BCUT2D eigenvalue weighted by Crippen LogP contribution is 2.28. The molecular weight excluding hydrogens is 543 g/mol.